The molecular formula is C12H18N2O2. The average Bonchev–Trinajstić information content (AvgIpc) is 2.27. The molecule has 4 nitrogen and oxygen atoms in total. The van der Waals surface area contributed by atoms with Crippen LogP contribution in [0.15, 0.2) is 0 Å². The van der Waals surface area contributed by atoms with E-state index in [4.69, 9.17) is 5.73 Å². The smallest absolute Gasteiger partial charge is 0.229 e. The first-order valence-corrected chi connectivity index (χ1v) is 6.29. The van der Waals surface area contributed by atoms with E-state index in [1.807, 2.05) is 0 Å². The number of nitrogens with one attached hydrogen (secondary N) is 1. The van der Waals surface area contributed by atoms with Crippen molar-refractivity contribution < 1.29 is 9.59 Å². The number of piperidine rings is 1. The second-order valence-electron chi connectivity index (χ2n) is 5.48. The molecule has 3 rings (SSSR count). The number of rotatable bonds is 0. The van der Waals surface area contributed by atoms with Crippen LogP contribution in [0.25, 0.3) is 0 Å². The molecule has 2 amide bonds. The zero-order valence-electron chi connectivity index (χ0n) is 9.32. The highest BCUT2D eigenvalue weighted by Crippen LogP contribution is 2.48. The van der Waals surface area contributed by atoms with Gasteiger partial charge in [-0.15, -0.1) is 0 Å². The second-order valence-corrected chi connectivity index (χ2v) is 5.48. The lowest BCUT2D eigenvalue weighted by Crippen LogP contribution is -2.59. The number of amides is 2. The van der Waals surface area contributed by atoms with Gasteiger partial charge in [0.2, 0.25) is 11.8 Å². The number of hydrogen-bond acceptors (Lipinski definition) is 3. The fraction of sp³-hybridized carbons (Fsp3) is 0.833. The van der Waals surface area contributed by atoms with E-state index in [1.54, 1.807) is 0 Å². The van der Waals surface area contributed by atoms with Crippen LogP contribution in [-0.4, -0.2) is 17.9 Å². The van der Waals surface area contributed by atoms with Crippen LogP contribution in [0.2, 0.25) is 0 Å². The molecule has 3 aliphatic rings. The van der Waals surface area contributed by atoms with Gasteiger partial charge >= 0.3 is 0 Å². The Labute approximate surface area is 94.9 Å². The van der Waals surface area contributed by atoms with Crippen molar-refractivity contribution in [2.75, 3.05) is 0 Å². The molecule has 0 aromatic heterocycles. The maximum absolute atomic E-state index is 11.8. The van der Waals surface area contributed by atoms with Gasteiger partial charge in [-0.05, 0) is 37.5 Å². The number of carbonyl (C=O) groups is 2. The number of carbonyl (C=O) groups excluding carboxylic acids is 2. The predicted octanol–water partition coefficient (Wildman–Crippen LogP) is 0.413. The lowest BCUT2D eigenvalue weighted by molar-refractivity contribution is -0.150. The van der Waals surface area contributed by atoms with Crippen molar-refractivity contribution in [1.82, 2.24) is 5.32 Å². The summed E-state index contributed by atoms with van der Waals surface area (Å²) in [6.45, 7) is 0. The molecule has 88 valence electrons. The monoisotopic (exact) mass is 222 g/mol. The van der Waals surface area contributed by atoms with Gasteiger partial charge in [0, 0.05) is 17.9 Å². The van der Waals surface area contributed by atoms with Crippen LogP contribution >= 0.6 is 0 Å². The highest BCUT2D eigenvalue weighted by molar-refractivity contribution is 6.00. The Morgan fingerprint density at radius 2 is 1.69 bits per heavy atom. The summed E-state index contributed by atoms with van der Waals surface area (Å²) in [7, 11) is 0. The van der Waals surface area contributed by atoms with Crippen molar-refractivity contribution in [2.45, 2.75) is 38.1 Å². The molecule has 3 N–H and O–H groups in total. The lowest BCUT2D eigenvalue weighted by atomic mass is 9.57. The molecule has 2 aliphatic carbocycles. The normalized spacial score (nSPS) is 47.2. The Morgan fingerprint density at radius 1 is 1.00 bits per heavy atom. The van der Waals surface area contributed by atoms with Crippen molar-refractivity contribution >= 4 is 11.8 Å². The summed E-state index contributed by atoms with van der Waals surface area (Å²) < 4.78 is 0. The van der Waals surface area contributed by atoms with Gasteiger partial charge < -0.3 is 5.73 Å². The molecule has 1 saturated heterocycles. The van der Waals surface area contributed by atoms with Crippen LogP contribution < -0.4 is 11.1 Å². The largest absolute Gasteiger partial charge is 0.327 e. The summed E-state index contributed by atoms with van der Waals surface area (Å²) in [6.07, 6.45) is 4.90. The molecule has 2 saturated carbocycles. The second kappa shape index (κ2) is 3.55. The van der Waals surface area contributed by atoms with Gasteiger partial charge in [0.05, 0.1) is 0 Å². The zero-order chi connectivity index (χ0) is 11.3. The van der Waals surface area contributed by atoms with E-state index in [2.05, 4.69) is 5.32 Å². The molecular weight excluding hydrogens is 204 g/mol. The van der Waals surface area contributed by atoms with E-state index >= 15 is 0 Å². The van der Waals surface area contributed by atoms with Crippen molar-refractivity contribution in [1.29, 1.82) is 0 Å². The van der Waals surface area contributed by atoms with E-state index in [1.165, 1.54) is 0 Å². The quantitative estimate of drug-likeness (QED) is 0.583. The van der Waals surface area contributed by atoms with Crippen molar-refractivity contribution in [3.8, 4) is 0 Å². The molecule has 5 unspecified atom stereocenters. The van der Waals surface area contributed by atoms with E-state index in [0.29, 0.717) is 5.92 Å². The van der Waals surface area contributed by atoms with E-state index in [9.17, 15) is 9.59 Å². The summed E-state index contributed by atoms with van der Waals surface area (Å²) in [4.78, 5) is 23.6. The molecule has 0 bridgehead atoms. The Balaban J connectivity index is 1.95. The highest BCUT2D eigenvalue weighted by atomic mass is 16.2. The molecule has 3 fully saturated rings. The Bertz CT molecular complexity index is 326. The maximum atomic E-state index is 11.8. The Hall–Kier alpha value is -0.900. The summed E-state index contributed by atoms with van der Waals surface area (Å²) in [6, 6.07) is 0.197. The molecule has 5 atom stereocenters. The first-order valence-electron chi connectivity index (χ1n) is 6.29. The minimum absolute atomic E-state index is 0.0489. The fourth-order valence-electron chi connectivity index (χ4n) is 4.03. The van der Waals surface area contributed by atoms with Gasteiger partial charge in [-0.25, -0.2) is 0 Å². The summed E-state index contributed by atoms with van der Waals surface area (Å²) in [5, 5.41) is 2.53. The number of nitrogens with two attached hydrogens (primary N) is 1. The minimum atomic E-state index is -0.0509. The average molecular weight is 222 g/mol. The zero-order valence-corrected chi connectivity index (χ0v) is 9.32. The molecule has 4 heteroatoms. The van der Waals surface area contributed by atoms with Crippen LogP contribution in [0.5, 0.6) is 0 Å². The van der Waals surface area contributed by atoms with Crippen LogP contribution in [0.4, 0.5) is 0 Å². The van der Waals surface area contributed by atoms with Gasteiger partial charge in [0.1, 0.15) is 0 Å². The van der Waals surface area contributed by atoms with Gasteiger partial charge in [0.15, 0.2) is 0 Å². The van der Waals surface area contributed by atoms with Gasteiger partial charge in [-0.2, -0.15) is 0 Å². The highest BCUT2D eigenvalue weighted by Gasteiger charge is 2.51. The molecule has 0 radical (unpaired) electrons. The molecule has 0 aromatic rings. The van der Waals surface area contributed by atoms with Crippen molar-refractivity contribution in [3.63, 3.8) is 0 Å². The summed E-state index contributed by atoms with van der Waals surface area (Å²) in [5.41, 5.74) is 6.14. The Kier molecular flexibility index (Phi) is 2.28. The van der Waals surface area contributed by atoms with Crippen molar-refractivity contribution in [3.05, 3.63) is 0 Å². The number of imide groups is 1. The van der Waals surface area contributed by atoms with Crippen LogP contribution in [0, 0.1) is 23.7 Å². The fourth-order valence-corrected chi connectivity index (χ4v) is 4.03. The first-order chi connectivity index (χ1) is 7.68. The molecule has 1 heterocycles. The standard InChI is InChI=1S/C12H18N2O2/c13-9-5-4-8-10-6(9)2-1-3-7(10)11(15)14-12(8)16/h6-10H,1-5,13H2,(H,14,15,16). The van der Waals surface area contributed by atoms with Crippen LogP contribution in [0.3, 0.4) is 0 Å². The molecule has 0 aromatic carbocycles. The van der Waals surface area contributed by atoms with E-state index in [0.717, 1.165) is 32.1 Å². The lowest BCUT2D eigenvalue weighted by Gasteiger charge is -2.49. The maximum Gasteiger partial charge on any atom is 0.229 e. The van der Waals surface area contributed by atoms with Gasteiger partial charge in [0.25, 0.3) is 0 Å². The molecule has 16 heavy (non-hydrogen) atoms. The van der Waals surface area contributed by atoms with Crippen molar-refractivity contribution in [2.24, 2.45) is 29.4 Å². The third-order valence-corrected chi connectivity index (χ3v) is 4.76. The predicted molar refractivity (Wildman–Crippen MR) is 58.2 cm³/mol. The summed E-state index contributed by atoms with van der Waals surface area (Å²) in [5.74, 6) is 0.627. The SMILES string of the molecule is NC1CCC2C(=O)NC(=O)C3CCCC1C32. The third-order valence-electron chi connectivity index (χ3n) is 4.76. The summed E-state index contributed by atoms with van der Waals surface area (Å²) >= 11 is 0. The van der Waals surface area contributed by atoms with Gasteiger partial charge in [-0.1, -0.05) is 6.42 Å². The Morgan fingerprint density at radius 3 is 2.44 bits per heavy atom. The first kappa shape index (κ1) is 10.3. The van der Waals surface area contributed by atoms with Gasteiger partial charge in [-0.3, -0.25) is 14.9 Å². The topological polar surface area (TPSA) is 72.2 Å². The van der Waals surface area contributed by atoms with Crippen LogP contribution in [-0.2, 0) is 9.59 Å². The molecule has 0 spiro atoms. The van der Waals surface area contributed by atoms with E-state index in [-0.39, 0.29) is 35.6 Å². The number of hydrogen-bond donors (Lipinski definition) is 2. The van der Waals surface area contributed by atoms with E-state index < -0.39 is 0 Å². The molecule has 1 aliphatic heterocycles. The minimum Gasteiger partial charge on any atom is -0.327 e. The third kappa shape index (κ3) is 1.32. The van der Waals surface area contributed by atoms with Crippen LogP contribution in [0.1, 0.15) is 32.1 Å².